The van der Waals surface area contributed by atoms with Crippen LogP contribution in [0.25, 0.3) is 0 Å². The van der Waals surface area contributed by atoms with Crippen molar-refractivity contribution < 1.29 is 9.59 Å². The molecule has 1 fully saturated rings. The molecule has 112 valence electrons. The van der Waals surface area contributed by atoms with Crippen molar-refractivity contribution in [3.05, 3.63) is 24.3 Å². The number of carbonyl (C=O) groups excluding carboxylic acids is 2. The highest BCUT2D eigenvalue weighted by molar-refractivity contribution is 7.80. The molecule has 0 radical (unpaired) electrons. The normalized spacial score (nSPS) is 16.2. The van der Waals surface area contributed by atoms with Crippen molar-refractivity contribution in [1.82, 2.24) is 0 Å². The fourth-order valence-electron chi connectivity index (χ4n) is 2.65. The molecule has 0 atom stereocenters. The van der Waals surface area contributed by atoms with Gasteiger partial charge in [0.05, 0.1) is 10.4 Å². The van der Waals surface area contributed by atoms with Gasteiger partial charge in [-0.05, 0) is 37.1 Å². The van der Waals surface area contributed by atoms with Crippen LogP contribution in [0.1, 0.15) is 32.6 Å². The molecule has 0 heterocycles. The van der Waals surface area contributed by atoms with Gasteiger partial charge in [-0.15, -0.1) is 0 Å². The number of nitrogens with two attached hydrogens (primary N) is 1. The number of hydrogen-bond acceptors (Lipinski definition) is 3. The molecule has 0 unspecified atom stereocenters. The van der Waals surface area contributed by atoms with Gasteiger partial charge in [-0.3, -0.25) is 9.59 Å². The van der Waals surface area contributed by atoms with Crippen LogP contribution in [0.3, 0.4) is 0 Å². The summed E-state index contributed by atoms with van der Waals surface area (Å²) in [6.07, 6.45) is 3.34. The first kappa shape index (κ1) is 15.4. The Kier molecular flexibility index (Phi) is 4.57. The molecule has 0 bridgehead atoms. The van der Waals surface area contributed by atoms with Gasteiger partial charge in [-0.25, -0.2) is 0 Å². The van der Waals surface area contributed by atoms with Crippen molar-refractivity contribution in [2.24, 2.45) is 11.1 Å². The number of hydrogen-bond donors (Lipinski definition) is 3. The van der Waals surface area contributed by atoms with Gasteiger partial charge in [-0.1, -0.05) is 25.1 Å². The van der Waals surface area contributed by atoms with E-state index in [0.717, 1.165) is 12.8 Å². The molecule has 1 saturated carbocycles. The van der Waals surface area contributed by atoms with E-state index >= 15 is 0 Å². The van der Waals surface area contributed by atoms with Crippen LogP contribution in [-0.4, -0.2) is 16.8 Å². The van der Waals surface area contributed by atoms with Crippen LogP contribution >= 0.6 is 12.2 Å². The number of carbonyl (C=O) groups is 2. The van der Waals surface area contributed by atoms with E-state index in [2.05, 4.69) is 10.6 Å². The summed E-state index contributed by atoms with van der Waals surface area (Å²) >= 11 is 5.10. The second-order valence-corrected chi connectivity index (χ2v) is 5.81. The lowest BCUT2D eigenvalue weighted by Gasteiger charge is -2.26. The van der Waals surface area contributed by atoms with Crippen LogP contribution in [0.15, 0.2) is 24.3 Å². The lowest BCUT2D eigenvalue weighted by Crippen LogP contribution is -2.43. The van der Waals surface area contributed by atoms with Crippen LogP contribution in [0.2, 0.25) is 0 Å². The van der Waals surface area contributed by atoms with Crippen molar-refractivity contribution in [3.63, 3.8) is 0 Å². The number of amides is 2. The maximum atomic E-state index is 12.5. The smallest absolute Gasteiger partial charge is 0.237 e. The Morgan fingerprint density at radius 1 is 1.10 bits per heavy atom. The van der Waals surface area contributed by atoms with Gasteiger partial charge in [0, 0.05) is 18.3 Å². The largest absolute Gasteiger partial charge is 0.392 e. The Balaban J connectivity index is 2.08. The van der Waals surface area contributed by atoms with Gasteiger partial charge < -0.3 is 16.4 Å². The van der Waals surface area contributed by atoms with Crippen LogP contribution < -0.4 is 16.4 Å². The third kappa shape index (κ3) is 3.39. The monoisotopic (exact) mass is 305 g/mol. The van der Waals surface area contributed by atoms with Crippen molar-refractivity contribution in [2.45, 2.75) is 32.6 Å². The van der Waals surface area contributed by atoms with Crippen LogP contribution in [0.4, 0.5) is 11.4 Å². The minimum absolute atomic E-state index is 0.134. The summed E-state index contributed by atoms with van der Waals surface area (Å²) in [7, 11) is 0. The molecule has 0 spiro atoms. The summed E-state index contributed by atoms with van der Waals surface area (Å²) < 4.78 is 0. The topological polar surface area (TPSA) is 84.2 Å². The Morgan fingerprint density at radius 3 is 2.00 bits per heavy atom. The van der Waals surface area contributed by atoms with E-state index in [1.54, 1.807) is 24.3 Å². The molecule has 2 rings (SSSR count). The Bertz CT molecular complexity index is 563. The predicted molar refractivity (Wildman–Crippen MR) is 87.1 cm³/mol. The molecule has 0 aromatic heterocycles. The summed E-state index contributed by atoms with van der Waals surface area (Å²) in [5.41, 5.74) is 6.42. The van der Waals surface area contributed by atoms with Crippen molar-refractivity contribution in [3.8, 4) is 0 Å². The summed E-state index contributed by atoms with van der Waals surface area (Å²) in [6, 6.07) is 6.95. The number of benzene rings is 1. The summed E-state index contributed by atoms with van der Waals surface area (Å²) in [5.74, 6) is -0.273. The molecule has 0 aliphatic heterocycles. The van der Waals surface area contributed by atoms with Crippen molar-refractivity contribution in [2.75, 3.05) is 10.6 Å². The molecular weight excluding hydrogens is 286 g/mol. The van der Waals surface area contributed by atoms with E-state index in [1.165, 1.54) is 6.92 Å². The first-order chi connectivity index (χ1) is 9.94. The lowest BCUT2D eigenvalue weighted by atomic mass is 9.85. The molecule has 0 saturated heterocycles. The van der Waals surface area contributed by atoms with E-state index in [1.807, 2.05) is 0 Å². The highest BCUT2D eigenvalue weighted by atomic mass is 32.1. The summed E-state index contributed by atoms with van der Waals surface area (Å²) in [4.78, 5) is 23.7. The molecule has 1 aromatic carbocycles. The fourth-order valence-corrected chi connectivity index (χ4v) is 2.95. The summed E-state index contributed by atoms with van der Waals surface area (Å²) in [6.45, 7) is 1.45. The zero-order valence-corrected chi connectivity index (χ0v) is 12.8. The Hall–Kier alpha value is -1.95. The molecular formula is C15H19N3O2S. The minimum atomic E-state index is -0.717. The molecule has 1 aromatic rings. The number of anilines is 2. The van der Waals surface area contributed by atoms with E-state index in [4.69, 9.17) is 18.0 Å². The maximum absolute atomic E-state index is 12.5. The van der Waals surface area contributed by atoms with Gasteiger partial charge in [0.25, 0.3) is 0 Å². The third-order valence-corrected chi connectivity index (χ3v) is 4.22. The first-order valence-corrected chi connectivity index (χ1v) is 7.34. The van der Waals surface area contributed by atoms with Gasteiger partial charge in [-0.2, -0.15) is 0 Å². The summed E-state index contributed by atoms with van der Waals surface area (Å²) in [5, 5.41) is 5.54. The third-order valence-electron chi connectivity index (χ3n) is 3.83. The maximum Gasteiger partial charge on any atom is 0.237 e. The highest BCUT2D eigenvalue weighted by Crippen LogP contribution is 2.39. The first-order valence-electron chi connectivity index (χ1n) is 6.93. The van der Waals surface area contributed by atoms with Crippen LogP contribution in [0.5, 0.6) is 0 Å². The fraction of sp³-hybridized carbons (Fsp3) is 0.400. The molecule has 1 aliphatic carbocycles. The average Bonchev–Trinajstić information content (AvgIpc) is 2.91. The number of rotatable bonds is 4. The van der Waals surface area contributed by atoms with Crippen LogP contribution in [-0.2, 0) is 9.59 Å². The highest BCUT2D eigenvalue weighted by Gasteiger charge is 2.43. The van der Waals surface area contributed by atoms with Gasteiger partial charge in [0.2, 0.25) is 11.8 Å². The molecule has 4 N–H and O–H groups in total. The van der Waals surface area contributed by atoms with Gasteiger partial charge >= 0.3 is 0 Å². The number of nitrogens with one attached hydrogen (secondary N) is 2. The van der Waals surface area contributed by atoms with Gasteiger partial charge in [0.15, 0.2) is 0 Å². The molecule has 5 nitrogen and oxygen atoms in total. The minimum Gasteiger partial charge on any atom is -0.392 e. The van der Waals surface area contributed by atoms with E-state index < -0.39 is 5.41 Å². The standard InChI is InChI=1S/C15H19N3O2S/c1-10(19)17-11-4-6-12(7-5-11)18-14(20)15(13(16)21)8-2-3-9-15/h4-7H,2-3,8-9H2,1H3,(H2,16,21)(H,17,19)(H,18,20). The van der Waals surface area contributed by atoms with E-state index in [0.29, 0.717) is 24.2 Å². The van der Waals surface area contributed by atoms with Crippen molar-refractivity contribution in [1.29, 1.82) is 0 Å². The second kappa shape index (κ2) is 6.22. The molecule has 6 heteroatoms. The molecule has 2 amide bonds. The molecule has 1 aliphatic rings. The zero-order chi connectivity index (χ0) is 15.5. The van der Waals surface area contributed by atoms with Crippen molar-refractivity contribution >= 4 is 40.4 Å². The van der Waals surface area contributed by atoms with E-state index in [-0.39, 0.29) is 16.8 Å². The quantitative estimate of drug-likeness (QED) is 0.746. The van der Waals surface area contributed by atoms with E-state index in [9.17, 15) is 9.59 Å². The second-order valence-electron chi connectivity index (χ2n) is 5.37. The number of thiocarbonyl (C=S) groups is 1. The predicted octanol–water partition coefficient (Wildman–Crippen LogP) is 2.43. The molecule has 21 heavy (non-hydrogen) atoms. The Morgan fingerprint density at radius 2 is 1.57 bits per heavy atom. The van der Waals surface area contributed by atoms with Crippen LogP contribution in [0, 0.1) is 5.41 Å². The lowest BCUT2D eigenvalue weighted by molar-refractivity contribution is -0.122. The Labute approximate surface area is 129 Å². The zero-order valence-electron chi connectivity index (χ0n) is 11.9. The SMILES string of the molecule is CC(=O)Nc1ccc(NC(=O)C2(C(N)=S)CCCC2)cc1. The van der Waals surface area contributed by atoms with Gasteiger partial charge in [0.1, 0.15) is 0 Å². The average molecular weight is 305 g/mol.